The van der Waals surface area contributed by atoms with Gasteiger partial charge < -0.3 is 10.2 Å². The maximum atomic E-state index is 13.6. The smallest absolute Gasteiger partial charge is 0.247 e. The summed E-state index contributed by atoms with van der Waals surface area (Å²) in [7, 11) is 0. The zero-order chi connectivity index (χ0) is 23.0. The SMILES string of the molecule is CCCCN(C(=O)Cn1nnc2ccccc21)[C@@H](C(=O)NC1CCCCC1)c1ccncc1. The molecular formula is C25H32N6O2. The Morgan fingerprint density at radius 3 is 2.64 bits per heavy atom. The summed E-state index contributed by atoms with van der Waals surface area (Å²) in [5.41, 5.74) is 2.31. The van der Waals surface area contributed by atoms with Gasteiger partial charge in [-0.05, 0) is 49.1 Å². The molecule has 1 aliphatic carbocycles. The van der Waals surface area contributed by atoms with Gasteiger partial charge in [-0.25, -0.2) is 4.68 Å². The molecule has 1 atom stereocenters. The van der Waals surface area contributed by atoms with Crippen LogP contribution in [0.3, 0.4) is 0 Å². The largest absolute Gasteiger partial charge is 0.351 e. The summed E-state index contributed by atoms with van der Waals surface area (Å²) in [6, 6.07) is 10.7. The highest BCUT2D eigenvalue weighted by Crippen LogP contribution is 2.25. The summed E-state index contributed by atoms with van der Waals surface area (Å²) in [5.74, 6) is -0.277. The predicted octanol–water partition coefficient (Wildman–Crippen LogP) is 3.65. The fourth-order valence-corrected chi connectivity index (χ4v) is 4.52. The van der Waals surface area contributed by atoms with Crippen LogP contribution in [0, 0.1) is 0 Å². The van der Waals surface area contributed by atoms with E-state index in [9.17, 15) is 9.59 Å². The number of hydrogen-bond acceptors (Lipinski definition) is 5. The van der Waals surface area contributed by atoms with Gasteiger partial charge in [-0.2, -0.15) is 0 Å². The third kappa shape index (κ3) is 5.56. The number of pyridine rings is 1. The predicted molar refractivity (Wildman–Crippen MR) is 126 cm³/mol. The van der Waals surface area contributed by atoms with Crippen LogP contribution < -0.4 is 5.32 Å². The topological polar surface area (TPSA) is 93.0 Å². The number of carbonyl (C=O) groups excluding carboxylic acids is 2. The van der Waals surface area contributed by atoms with E-state index in [1.54, 1.807) is 22.0 Å². The Morgan fingerprint density at radius 2 is 1.88 bits per heavy atom. The number of unbranched alkanes of at least 4 members (excludes halogenated alkanes) is 1. The molecule has 8 nitrogen and oxygen atoms in total. The van der Waals surface area contributed by atoms with Gasteiger partial charge in [0.2, 0.25) is 11.8 Å². The average molecular weight is 449 g/mol. The van der Waals surface area contributed by atoms with Crippen LogP contribution in [0.25, 0.3) is 11.0 Å². The molecule has 0 radical (unpaired) electrons. The molecule has 8 heteroatoms. The van der Waals surface area contributed by atoms with Crippen molar-refractivity contribution in [2.24, 2.45) is 0 Å². The second kappa shape index (κ2) is 11.0. The van der Waals surface area contributed by atoms with Crippen molar-refractivity contribution in [3.63, 3.8) is 0 Å². The van der Waals surface area contributed by atoms with Crippen LogP contribution in [0.5, 0.6) is 0 Å². The number of nitrogens with one attached hydrogen (secondary N) is 1. The molecule has 0 unspecified atom stereocenters. The van der Waals surface area contributed by atoms with Gasteiger partial charge in [-0.1, -0.05) is 50.0 Å². The Bertz CT molecular complexity index is 1060. The second-order valence-corrected chi connectivity index (χ2v) is 8.70. The number of hydrogen-bond donors (Lipinski definition) is 1. The molecule has 2 amide bonds. The summed E-state index contributed by atoms with van der Waals surface area (Å²) in [6.07, 6.45) is 10.5. The molecule has 0 aliphatic heterocycles. The van der Waals surface area contributed by atoms with Gasteiger partial charge in [0.1, 0.15) is 18.1 Å². The van der Waals surface area contributed by atoms with Gasteiger partial charge in [0.15, 0.2) is 0 Å². The van der Waals surface area contributed by atoms with Crippen molar-refractivity contribution in [1.82, 2.24) is 30.2 Å². The Morgan fingerprint density at radius 1 is 1.12 bits per heavy atom. The van der Waals surface area contributed by atoms with E-state index in [0.29, 0.717) is 6.54 Å². The lowest BCUT2D eigenvalue weighted by molar-refractivity contribution is -0.142. The monoisotopic (exact) mass is 448 g/mol. The Hall–Kier alpha value is -3.29. The van der Waals surface area contributed by atoms with Crippen molar-refractivity contribution >= 4 is 22.8 Å². The molecule has 0 saturated heterocycles. The molecule has 0 bridgehead atoms. The molecule has 1 fully saturated rings. The Balaban J connectivity index is 1.62. The molecule has 33 heavy (non-hydrogen) atoms. The number of carbonyl (C=O) groups is 2. The second-order valence-electron chi connectivity index (χ2n) is 8.70. The van der Waals surface area contributed by atoms with Crippen molar-refractivity contribution < 1.29 is 9.59 Å². The number of para-hydroxylation sites is 1. The lowest BCUT2D eigenvalue weighted by atomic mass is 9.94. The van der Waals surface area contributed by atoms with E-state index in [4.69, 9.17) is 0 Å². The molecule has 1 aliphatic rings. The summed E-state index contributed by atoms with van der Waals surface area (Å²) in [5, 5.41) is 11.6. The first-order chi connectivity index (χ1) is 16.2. The third-order valence-corrected chi connectivity index (χ3v) is 6.31. The Kier molecular flexibility index (Phi) is 7.65. The van der Waals surface area contributed by atoms with E-state index in [0.717, 1.165) is 55.1 Å². The molecule has 174 valence electrons. The summed E-state index contributed by atoms with van der Waals surface area (Å²) >= 11 is 0. The summed E-state index contributed by atoms with van der Waals surface area (Å²) < 4.78 is 1.61. The van der Waals surface area contributed by atoms with Gasteiger partial charge in [-0.3, -0.25) is 14.6 Å². The van der Waals surface area contributed by atoms with Crippen molar-refractivity contribution in [3.8, 4) is 0 Å². The minimum atomic E-state index is -0.705. The molecule has 4 rings (SSSR count). The maximum absolute atomic E-state index is 13.6. The highest BCUT2D eigenvalue weighted by molar-refractivity contribution is 5.89. The van der Waals surface area contributed by atoms with E-state index in [-0.39, 0.29) is 24.4 Å². The van der Waals surface area contributed by atoms with Gasteiger partial charge in [0, 0.05) is 25.0 Å². The highest BCUT2D eigenvalue weighted by Gasteiger charge is 2.33. The van der Waals surface area contributed by atoms with Crippen LogP contribution in [-0.4, -0.2) is 49.3 Å². The van der Waals surface area contributed by atoms with E-state index in [1.165, 1.54) is 6.42 Å². The fraction of sp³-hybridized carbons (Fsp3) is 0.480. The first kappa shape index (κ1) is 22.9. The fourth-order valence-electron chi connectivity index (χ4n) is 4.52. The zero-order valence-corrected chi connectivity index (χ0v) is 19.2. The third-order valence-electron chi connectivity index (χ3n) is 6.31. The molecule has 1 saturated carbocycles. The van der Waals surface area contributed by atoms with Crippen LogP contribution in [0.1, 0.15) is 63.5 Å². The van der Waals surface area contributed by atoms with Crippen LogP contribution in [-0.2, 0) is 16.1 Å². The maximum Gasteiger partial charge on any atom is 0.247 e. The number of rotatable bonds is 9. The highest BCUT2D eigenvalue weighted by atomic mass is 16.2. The van der Waals surface area contributed by atoms with Gasteiger partial charge in [0.25, 0.3) is 0 Å². The lowest BCUT2D eigenvalue weighted by Gasteiger charge is -2.33. The molecule has 3 aromatic rings. The van der Waals surface area contributed by atoms with Crippen LogP contribution in [0.2, 0.25) is 0 Å². The van der Waals surface area contributed by atoms with Crippen LogP contribution >= 0.6 is 0 Å². The van der Waals surface area contributed by atoms with Gasteiger partial charge in [0.05, 0.1) is 5.52 Å². The van der Waals surface area contributed by atoms with Gasteiger partial charge in [-0.15, -0.1) is 5.10 Å². The van der Waals surface area contributed by atoms with Crippen molar-refractivity contribution in [2.75, 3.05) is 6.54 Å². The normalized spacial score (nSPS) is 15.3. The van der Waals surface area contributed by atoms with Gasteiger partial charge >= 0.3 is 0 Å². The standard InChI is InChI=1S/C25H32N6O2/c1-2-3-17-30(23(32)18-31-22-12-8-7-11-21(22)28-29-31)24(19-13-15-26-16-14-19)25(33)27-20-9-5-4-6-10-20/h7-8,11-16,20,24H,2-6,9-10,17-18H2,1H3,(H,27,33)/t24-/m1/s1. The first-order valence-corrected chi connectivity index (χ1v) is 12.0. The van der Waals surface area contributed by atoms with Crippen molar-refractivity contribution in [1.29, 1.82) is 0 Å². The average Bonchev–Trinajstić information content (AvgIpc) is 3.25. The van der Waals surface area contributed by atoms with E-state index < -0.39 is 6.04 Å². The zero-order valence-electron chi connectivity index (χ0n) is 19.2. The molecule has 2 aromatic heterocycles. The number of aromatic nitrogens is 4. The van der Waals surface area contributed by atoms with E-state index in [1.807, 2.05) is 36.4 Å². The van der Waals surface area contributed by atoms with Crippen molar-refractivity contribution in [3.05, 3.63) is 54.4 Å². The number of nitrogens with zero attached hydrogens (tertiary/aromatic N) is 5. The molecule has 2 heterocycles. The minimum absolute atomic E-state index is 0.0303. The van der Waals surface area contributed by atoms with E-state index in [2.05, 4.69) is 27.5 Å². The summed E-state index contributed by atoms with van der Waals surface area (Å²) in [4.78, 5) is 33.0. The Labute approximate surface area is 194 Å². The molecule has 1 N–H and O–H groups in total. The lowest BCUT2D eigenvalue weighted by Crippen LogP contribution is -2.48. The quantitative estimate of drug-likeness (QED) is 0.539. The minimum Gasteiger partial charge on any atom is -0.351 e. The first-order valence-electron chi connectivity index (χ1n) is 12.0. The number of amides is 2. The molecule has 0 spiro atoms. The van der Waals surface area contributed by atoms with Crippen molar-refractivity contribution in [2.45, 2.75) is 70.5 Å². The van der Waals surface area contributed by atoms with Crippen LogP contribution in [0.15, 0.2) is 48.8 Å². The molecular weight excluding hydrogens is 416 g/mol. The number of benzene rings is 1. The summed E-state index contributed by atoms with van der Waals surface area (Å²) in [6.45, 7) is 2.60. The van der Waals surface area contributed by atoms with Crippen LogP contribution in [0.4, 0.5) is 0 Å². The van der Waals surface area contributed by atoms with E-state index >= 15 is 0 Å². The molecule has 1 aromatic carbocycles. The number of fused-ring (bicyclic) bond motifs is 1.